The minimum Gasteiger partial charge on any atom is -0.438 e. The van der Waals surface area contributed by atoms with Gasteiger partial charge in [-0.25, -0.2) is 0 Å². The zero-order valence-corrected chi connectivity index (χ0v) is 14.0. The van der Waals surface area contributed by atoms with E-state index >= 15 is 0 Å². The minimum absolute atomic E-state index is 0.00123. The third-order valence-corrected chi connectivity index (χ3v) is 6.00. The van der Waals surface area contributed by atoms with Crippen LogP contribution in [0, 0.1) is 0 Å². The maximum Gasteiger partial charge on any atom is 0.296 e. The van der Waals surface area contributed by atoms with E-state index in [9.17, 15) is 4.57 Å². The Hall–Kier alpha value is -3.12. The second kappa shape index (κ2) is 5.75. The van der Waals surface area contributed by atoms with Crippen molar-refractivity contribution >= 4 is 30.5 Å². The van der Waals surface area contributed by atoms with Crippen LogP contribution >= 0.6 is 7.37 Å². The summed E-state index contributed by atoms with van der Waals surface area (Å²) in [6.07, 6.45) is 0.00123. The fourth-order valence-corrected chi connectivity index (χ4v) is 4.79. The Morgan fingerprint density at radius 2 is 1.56 bits per heavy atom. The van der Waals surface area contributed by atoms with Crippen molar-refractivity contribution in [3.05, 3.63) is 48.5 Å². The van der Waals surface area contributed by atoms with Crippen molar-refractivity contribution in [1.82, 2.24) is 15.0 Å². The van der Waals surface area contributed by atoms with Crippen molar-refractivity contribution in [1.29, 1.82) is 0 Å². The smallest absolute Gasteiger partial charge is 0.296 e. The van der Waals surface area contributed by atoms with Gasteiger partial charge in [0.15, 0.2) is 0 Å². The Balaban J connectivity index is 1.71. The van der Waals surface area contributed by atoms with Crippen molar-refractivity contribution in [3.63, 3.8) is 0 Å². The first-order chi connectivity index (χ1) is 12.0. The van der Waals surface area contributed by atoms with Gasteiger partial charge in [0.2, 0.25) is 17.8 Å². The summed E-state index contributed by atoms with van der Waals surface area (Å²) in [6, 6.07) is 15.0. The molecule has 0 spiro atoms. The third-order valence-electron chi connectivity index (χ3n) is 3.81. The summed E-state index contributed by atoms with van der Waals surface area (Å²) in [5.41, 5.74) is 12.9. The number of nitrogens with zero attached hydrogens (tertiary/aromatic N) is 3. The van der Waals surface area contributed by atoms with Gasteiger partial charge in [-0.05, 0) is 17.7 Å². The lowest BCUT2D eigenvalue weighted by atomic mass is 10.0. The summed E-state index contributed by atoms with van der Waals surface area (Å²) in [5.74, 6) is 0.716. The van der Waals surface area contributed by atoms with Crippen molar-refractivity contribution in [2.24, 2.45) is 0 Å². The molecule has 1 aliphatic rings. The minimum atomic E-state index is -3.22. The van der Waals surface area contributed by atoms with Crippen LogP contribution < -0.4 is 26.6 Å². The summed E-state index contributed by atoms with van der Waals surface area (Å²) in [5, 5.41) is 3.55. The van der Waals surface area contributed by atoms with Crippen LogP contribution in [0.5, 0.6) is 5.75 Å². The first-order valence-corrected chi connectivity index (χ1v) is 9.35. The highest BCUT2D eigenvalue weighted by Crippen LogP contribution is 2.54. The Bertz CT molecular complexity index is 989. The van der Waals surface area contributed by atoms with Gasteiger partial charge in [-0.3, -0.25) is 4.57 Å². The SMILES string of the molecule is Nc1nc(N)nc(NC[P@]2(=O)Oc3ccccc3-c3ccccc32)n1. The van der Waals surface area contributed by atoms with Crippen LogP contribution in [0.3, 0.4) is 0 Å². The van der Waals surface area contributed by atoms with Crippen LogP contribution in [0.4, 0.5) is 17.8 Å². The molecule has 0 bridgehead atoms. The van der Waals surface area contributed by atoms with Crippen molar-refractivity contribution in [2.75, 3.05) is 23.1 Å². The van der Waals surface area contributed by atoms with E-state index in [-0.39, 0.29) is 24.1 Å². The number of hydrogen-bond donors (Lipinski definition) is 3. The van der Waals surface area contributed by atoms with E-state index in [2.05, 4.69) is 20.3 Å². The van der Waals surface area contributed by atoms with Crippen molar-refractivity contribution in [2.45, 2.75) is 0 Å². The molecule has 8 nitrogen and oxygen atoms in total. The van der Waals surface area contributed by atoms with Crippen LogP contribution in [-0.4, -0.2) is 21.2 Å². The van der Waals surface area contributed by atoms with Gasteiger partial charge in [-0.2, -0.15) is 15.0 Å². The summed E-state index contributed by atoms with van der Waals surface area (Å²) in [4.78, 5) is 11.6. The summed E-state index contributed by atoms with van der Waals surface area (Å²) < 4.78 is 19.4. The molecule has 0 fully saturated rings. The molecule has 3 aromatic rings. The van der Waals surface area contributed by atoms with Crippen molar-refractivity contribution in [3.8, 4) is 16.9 Å². The molecule has 5 N–H and O–H groups in total. The number of para-hydroxylation sites is 1. The predicted octanol–water partition coefficient (Wildman–Crippen LogP) is 2.07. The number of aromatic nitrogens is 3. The van der Waals surface area contributed by atoms with E-state index in [1.165, 1.54) is 0 Å². The molecule has 0 saturated carbocycles. The van der Waals surface area contributed by atoms with Crippen LogP contribution in [0.2, 0.25) is 0 Å². The zero-order valence-electron chi connectivity index (χ0n) is 13.1. The van der Waals surface area contributed by atoms with Crippen LogP contribution in [0.15, 0.2) is 48.5 Å². The number of nitrogen functional groups attached to an aromatic ring is 2. The maximum atomic E-state index is 13.5. The monoisotopic (exact) mass is 354 g/mol. The van der Waals surface area contributed by atoms with Gasteiger partial charge in [0.1, 0.15) is 12.0 Å². The summed E-state index contributed by atoms with van der Waals surface area (Å²) in [6.45, 7) is 0. The fraction of sp³-hybridized carbons (Fsp3) is 0.0625. The zero-order chi connectivity index (χ0) is 17.4. The van der Waals surface area contributed by atoms with Gasteiger partial charge in [-0.1, -0.05) is 36.4 Å². The van der Waals surface area contributed by atoms with Crippen molar-refractivity contribution < 1.29 is 9.09 Å². The Morgan fingerprint density at radius 3 is 2.32 bits per heavy atom. The Labute approximate surface area is 143 Å². The lowest BCUT2D eigenvalue weighted by Crippen LogP contribution is -2.23. The molecule has 4 rings (SSSR count). The molecule has 1 atom stereocenters. The van der Waals surface area contributed by atoms with E-state index in [1.54, 1.807) is 6.07 Å². The highest BCUT2D eigenvalue weighted by Gasteiger charge is 2.35. The second-order valence-electron chi connectivity index (χ2n) is 5.49. The second-order valence-corrected chi connectivity index (χ2v) is 7.82. The molecule has 25 heavy (non-hydrogen) atoms. The van der Waals surface area contributed by atoms with Gasteiger partial charge in [0, 0.05) is 5.56 Å². The molecule has 1 aliphatic heterocycles. The Kier molecular flexibility index (Phi) is 3.54. The van der Waals surface area contributed by atoms with Gasteiger partial charge in [-0.15, -0.1) is 0 Å². The van der Waals surface area contributed by atoms with Crippen LogP contribution in [0.25, 0.3) is 11.1 Å². The van der Waals surface area contributed by atoms with Crippen LogP contribution in [0.1, 0.15) is 0 Å². The van der Waals surface area contributed by atoms with E-state index in [1.807, 2.05) is 42.5 Å². The van der Waals surface area contributed by atoms with E-state index in [0.717, 1.165) is 11.1 Å². The predicted molar refractivity (Wildman–Crippen MR) is 96.9 cm³/mol. The lowest BCUT2D eigenvalue weighted by molar-refractivity contribution is 0.493. The number of nitrogens with one attached hydrogen (secondary N) is 1. The standard InChI is InChI=1S/C16H15N6O2P/c17-14-20-15(18)22-16(21-14)19-9-25(23)13-8-4-2-6-11(13)10-5-1-3-7-12(10)24-25/h1-8H,9H2,(H5,17,18,19,20,21,22)/t25-/m0/s1. The summed E-state index contributed by atoms with van der Waals surface area (Å²) in [7, 11) is -3.22. The van der Waals surface area contributed by atoms with E-state index < -0.39 is 7.37 Å². The third kappa shape index (κ3) is 2.77. The van der Waals surface area contributed by atoms with E-state index in [0.29, 0.717) is 11.1 Å². The number of rotatable bonds is 3. The normalized spacial score (nSPS) is 17.9. The number of hydrogen-bond acceptors (Lipinski definition) is 8. The molecular weight excluding hydrogens is 339 g/mol. The van der Waals surface area contributed by atoms with Gasteiger partial charge in [0.25, 0.3) is 7.37 Å². The Morgan fingerprint density at radius 1 is 0.920 bits per heavy atom. The van der Waals surface area contributed by atoms with E-state index in [4.69, 9.17) is 16.0 Å². The first-order valence-electron chi connectivity index (χ1n) is 7.54. The summed E-state index contributed by atoms with van der Waals surface area (Å²) >= 11 is 0. The fourth-order valence-electron chi connectivity index (χ4n) is 2.76. The highest BCUT2D eigenvalue weighted by atomic mass is 31.2. The molecule has 0 radical (unpaired) electrons. The topological polar surface area (TPSA) is 129 Å². The molecule has 0 aliphatic carbocycles. The molecule has 9 heteroatoms. The quantitative estimate of drug-likeness (QED) is 0.610. The number of anilines is 3. The number of benzene rings is 2. The molecule has 0 saturated heterocycles. The lowest BCUT2D eigenvalue weighted by Gasteiger charge is -2.28. The maximum absolute atomic E-state index is 13.5. The molecule has 2 aromatic carbocycles. The molecule has 0 unspecified atom stereocenters. The molecule has 126 valence electrons. The molecule has 1 aromatic heterocycles. The molecular formula is C16H15N6O2P. The molecule has 2 heterocycles. The largest absolute Gasteiger partial charge is 0.438 e. The average molecular weight is 354 g/mol. The number of nitrogens with two attached hydrogens (primary N) is 2. The first kappa shape index (κ1) is 15.4. The molecule has 0 amide bonds. The van der Waals surface area contributed by atoms with Crippen LogP contribution in [-0.2, 0) is 4.57 Å². The average Bonchev–Trinajstić information content (AvgIpc) is 2.60. The highest BCUT2D eigenvalue weighted by molar-refractivity contribution is 7.67. The van der Waals surface area contributed by atoms with Gasteiger partial charge < -0.3 is 21.3 Å². The number of fused-ring (bicyclic) bond motifs is 3. The van der Waals surface area contributed by atoms with Gasteiger partial charge in [0.05, 0.1) is 5.30 Å². The van der Waals surface area contributed by atoms with Gasteiger partial charge >= 0.3 is 0 Å².